The van der Waals surface area contributed by atoms with Gasteiger partial charge in [0.05, 0.1) is 11.3 Å². The van der Waals surface area contributed by atoms with Gasteiger partial charge in [0.15, 0.2) is 0 Å². The van der Waals surface area contributed by atoms with E-state index in [-0.39, 0.29) is 22.9 Å². The Kier molecular flexibility index (Phi) is 4.12. The monoisotopic (exact) mass is 287 g/mol. The zero-order valence-electron chi connectivity index (χ0n) is 12.0. The fourth-order valence-electron chi connectivity index (χ4n) is 2.16. The highest BCUT2D eigenvalue weighted by Gasteiger charge is 2.13. The summed E-state index contributed by atoms with van der Waals surface area (Å²) < 4.78 is 14.0. The third-order valence-corrected chi connectivity index (χ3v) is 3.26. The molecule has 21 heavy (non-hydrogen) atoms. The Morgan fingerprint density at radius 2 is 1.86 bits per heavy atom. The van der Waals surface area contributed by atoms with E-state index in [1.165, 1.54) is 6.07 Å². The van der Waals surface area contributed by atoms with Crippen LogP contribution in [0.5, 0.6) is 0 Å². The van der Waals surface area contributed by atoms with Crippen LogP contribution in [-0.4, -0.2) is 5.91 Å². The third-order valence-electron chi connectivity index (χ3n) is 3.26. The summed E-state index contributed by atoms with van der Waals surface area (Å²) in [5.41, 5.74) is 13.0. The van der Waals surface area contributed by atoms with Crippen LogP contribution in [0.3, 0.4) is 0 Å². The molecule has 2 aromatic carbocycles. The number of nitrogens with one attached hydrogen (secondary N) is 1. The summed E-state index contributed by atoms with van der Waals surface area (Å²) >= 11 is 0. The van der Waals surface area contributed by atoms with Gasteiger partial charge in [-0.3, -0.25) is 4.79 Å². The maximum absolute atomic E-state index is 14.0. The van der Waals surface area contributed by atoms with Crippen molar-refractivity contribution in [2.75, 3.05) is 11.1 Å². The molecular weight excluding hydrogens is 269 g/mol. The zero-order chi connectivity index (χ0) is 15.6. The summed E-state index contributed by atoms with van der Waals surface area (Å²) in [5.74, 6) is -0.940. The van der Waals surface area contributed by atoms with Gasteiger partial charge in [-0.05, 0) is 29.7 Å². The molecule has 0 unspecified atom stereocenters. The molecule has 5 heteroatoms. The van der Waals surface area contributed by atoms with Gasteiger partial charge < -0.3 is 16.8 Å². The van der Waals surface area contributed by atoms with E-state index in [4.69, 9.17) is 11.5 Å². The zero-order valence-corrected chi connectivity index (χ0v) is 12.0. The number of carbonyl (C=O) groups excluding carboxylic acids is 1. The summed E-state index contributed by atoms with van der Waals surface area (Å²) in [6, 6.07) is 10.0. The molecule has 1 amide bonds. The number of para-hydroxylation sites is 1. The molecule has 5 N–H and O–H groups in total. The summed E-state index contributed by atoms with van der Waals surface area (Å²) in [6.45, 7) is 4.10. The minimum atomic E-state index is -0.687. The Hall–Kier alpha value is -2.56. The molecule has 0 saturated carbocycles. The van der Waals surface area contributed by atoms with Crippen LogP contribution in [0.4, 0.5) is 21.5 Å². The largest absolute Gasteiger partial charge is 0.398 e. The Morgan fingerprint density at radius 1 is 1.19 bits per heavy atom. The summed E-state index contributed by atoms with van der Waals surface area (Å²) in [4.78, 5) is 11.3. The lowest BCUT2D eigenvalue weighted by Gasteiger charge is -2.16. The molecule has 0 atom stereocenters. The number of nitrogens with two attached hydrogens (primary N) is 2. The Morgan fingerprint density at radius 3 is 2.48 bits per heavy atom. The molecule has 0 aromatic heterocycles. The van der Waals surface area contributed by atoms with Gasteiger partial charge in [-0.15, -0.1) is 0 Å². The number of primary amides is 1. The van der Waals surface area contributed by atoms with E-state index in [1.807, 2.05) is 24.3 Å². The van der Waals surface area contributed by atoms with Crippen LogP contribution in [-0.2, 0) is 0 Å². The van der Waals surface area contributed by atoms with Crippen molar-refractivity contribution in [1.82, 2.24) is 0 Å². The van der Waals surface area contributed by atoms with Crippen LogP contribution in [0.15, 0.2) is 36.4 Å². The van der Waals surface area contributed by atoms with Crippen LogP contribution in [0.25, 0.3) is 0 Å². The maximum Gasteiger partial charge on any atom is 0.250 e. The molecule has 110 valence electrons. The van der Waals surface area contributed by atoms with Gasteiger partial charge >= 0.3 is 0 Å². The van der Waals surface area contributed by atoms with Gasteiger partial charge in [-0.1, -0.05) is 32.0 Å². The number of hydrogen-bond donors (Lipinski definition) is 3. The average Bonchev–Trinajstić information content (AvgIpc) is 2.41. The van der Waals surface area contributed by atoms with Crippen molar-refractivity contribution in [3.8, 4) is 0 Å². The predicted octanol–water partition coefficient (Wildman–Crippen LogP) is 3.37. The number of halogens is 1. The van der Waals surface area contributed by atoms with Crippen LogP contribution >= 0.6 is 0 Å². The number of carbonyl (C=O) groups is 1. The second kappa shape index (κ2) is 5.83. The van der Waals surface area contributed by atoms with Gasteiger partial charge in [0.2, 0.25) is 0 Å². The normalized spacial score (nSPS) is 10.7. The smallest absolute Gasteiger partial charge is 0.250 e. The second-order valence-corrected chi connectivity index (χ2v) is 5.15. The van der Waals surface area contributed by atoms with E-state index in [1.54, 1.807) is 0 Å². The van der Waals surface area contributed by atoms with Crippen molar-refractivity contribution in [2.24, 2.45) is 5.73 Å². The SMILES string of the molecule is CC(C)c1ccccc1Nc1cc(C(N)=O)c(N)cc1F. The van der Waals surface area contributed by atoms with Gasteiger partial charge in [-0.2, -0.15) is 0 Å². The highest BCUT2D eigenvalue weighted by molar-refractivity contribution is 5.99. The van der Waals surface area contributed by atoms with Crippen molar-refractivity contribution >= 4 is 23.0 Å². The second-order valence-electron chi connectivity index (χ2n) is 5.15. The highest BCUT2D eigenvalue weighted by Crippen LogP contribution is 2.29. The van der Waals surface area contributed by atoms with E-state index in [2.05, 4.69) is 19.2 Å². The summed E-state index contributed by atoms with van der Waals surface area (Å²) in [5, 5.41) is 3.01. The van der Waals surface area contributed by atoms with E-state index in [0.717, 1.165) is 17.3 Å². The topological polar surface area (TPSA) is 81.1 Å². The van der Waals surface area contributed by atoms with Crippen molar-refractivity contribution in [1.29, 1.82) is 0 Å². The predicted molar refractivity (Wildman–Crippen MR) is 83.1 cm³/mol. The highest BCUT2D eigenvalue weighted by atomic mass is 19.1. The average molecular weight is 287 g/mol. The number of nitrogen functional groups attached to an aromatic ring is 1. The number of benzene rings is 2. The molecule has 0 aliphatic heterocycles. The first-order valence-electron chi connectivity index (χ1n) is 6.65. The minimum absolute atomic E-state index is 0.0303. The fourth-order valence-corrected chi connectivity index (χ4v) is 2.16. The van der Waals surface area contributed by atoms with Crippen molar-refractivity contribution in [3.63, 3.8) is 0 Å². The summed E-state index contributed by atoms with van der Waals surface area (Å²) in [6.07, 6.45) is 0. The van der Waals surface area contributed by atoms with Crippen LogP contribution < -0.4 is 16.8 Å². The van der Waals surface area contributed by atoms with Crippen molar-refractivity contribution < 1.29 is 9.18 Å². The number of hydrogen-bond acceptors (Lipinski definition) is 3. The van der Waals surface area contributed by atoms with Crippen molar-refractivity contribution in [3.05, 3.63) is 53.3 Å². The number of amides is 1. The van der Waals surface area contributed by atoms with Crippen LogP contribution in [0, 0.1) is 5.82 Å². The standard InChI is InChI=1S/C16H18FN3O/c1-9(2)10-5-3-4-6-14(10)20-15-7-11(16(19)21)13(18)8-12(15)17/h3-9,20H,18H2,1-2H3,(H2,19,21). The Bertz CT molecular complexity index is 683. The lowest BCUT2D eigenvalue weighted by atomic mass is 10.0. The quantitative estimate of drug-likeness (QED) is 0.754. The van der Waals surface area contributed by atoms with Gasteiger partial charge in [-0.25, -0.2) is 4.39 Å². The van der Waals surface area contributed by atoms with Crippen molar-refractivity contribution in [2.45, 2.75) is 19.8 Å². The van der Waals surface area contributed by atoms with E-state index >= 15 is 0 Å². The number of anilines is 3. The van der Waals surface area contributed by atoms with E-state index in [0.29, 0.717) is 0 Å². The molecule has 4 nitrogen and oxygen atoms in total. The maximum atomic E-state index is 14.0. The van der Waals surface area contributed by atoms with Crippen LogP contribution in [0.2, 0.25) is 0 Å². The molecule has 0 bridgehead atoms. The first-order valence-corrected chi connectivity index (χ1v) is 6.65. The molecule has 0 heterocycles. The minimum Gasteiger partial charge on any atom is -0.398 e. The molecule has 0 spiro atoms. The summed E-state index contributed by atoms with van der Waals surface area (Å²) in [7, 11) is 0. The lowest BCUT2D eigenvalue weighted by Crippen LogP contribution is -2.14. The Balaban J connectivity index is 2.45. The molecule has 0 fully saturated rings. The molecule has 0 aliphatic carbocycles. The van der Waals surface area contributed by atoms with E-state index < -0.39 is 11.7 Å². The Labute approximate surface area is 123 Å². The first-order chi connectivity index (χ1) is 9.90. The third kappa shape index (κ3) is 3.13. The molecule has 0 radical (unpaired) electrons. The lowest BCUT2D eigenvalue weighted by molar-refractivity contribution is 0.100. The molecular formula is C16H18FN3O. The first kappa shape index (κ1) is 14.8. The molecule has 0 aliphatic rings. The molecule has 2 rings (SSSR count). The van der Waals surface area contributed by atoms with Gasteiger partial charge in [0.1, 0.15) is 5.82 Å². The van der Waals surface area contributed by atoms with Gasteiger partial charge in [0.25, 0.3) is 5.91 Å². The van der Waals surface area contributed by atoms with E-state index in [9.17, 15) is 9.18 Å². The fraction of sp³-hybridized carbons (Fsp3) is 0.188. The van der Waals surface area contributed by atoms with Crippen LogP contribution in [0.1, 0.15) is 35.7 Å². The number of rotatable bonds is 4. The van der Waals surface area contributed by atoms with Gasteiger partial charge in [0, 0.05) is 11.4 Å². The molecule has 2 aromatic rings. The molecule has 0 saturated heterocycles.